The van der Waals surface area contributed by atoms with Crippen LogP contribution in [-0.4, -0.2) is 66.5 Å². The molecule has 0 spiro atoms. The van der Waals surface area contributed by atoms with Crippen molar-refractivity contribution in [2.45, 2.75) is 32.2 Å². The number of nitrogens with zero attached hydrogens (tertiary/aromatic N) is 2. The lowest BCUT2D eigenvalue weighted by atomic mass is 10.0. The molecule has 2 N–H and O–H groups in total. The number of hydrogen-bond acceptors (Lipinski definition) is 5. The van der Waals surface area contributed by atoms with Gasteiger partial charge in [-0.1, -0.05) is 0 Å². The number of likely N-dealkylation sites (tertiary alicyclic amines) is 1. The van der Waals surface area contributed by atoms with Crippen molar-refractivity contribution in [3.8, 4) is 0 Å². The maximum Gasteiger partial charge on any atom is 0.409 e. The fraction of sp³-hybridized carbons (Fsp3) is 0.714. The Bertz CT molecular complexity index is 501. The molecule has 0 aromatic rings. The summed E-state index contributed by atoms with van der Waals surface area (Å²) in [4.78, 5) is 48.5. The zero-order valence-electron chi connectivity index (χ0n) is 13.3. The summed E-state index contributed by atoms with van der Waals surface area (Å²) in [6.45, 7) is 3.11. The lowest BCUT2D eigenvalue weighted by molar-refractivity contribution is -0.135. The van der Waals surface area contributed by atoms with Crippen LogP contribution in [0.4, 0.5) is 4.79 Å². The summed E-state index contributed by atoms with van der Waals surface area (Å²) < 4.78 is 4.93. The Morgan fingerprint density at radius 1 is 1.30 bits per heavy atom. The van der Waals surface area contributed by atoms with Crippen LogP contribution in [0.5, 0.6) is 0 Å². The summed E-state index contributed by atoms with van der Waals surface area (Å²) in [7, 11) is 1.45. The molecule has 1 atom stereocenters. The van der Waals surface area contributed by atoms with Gasteiger partial charge in [-0.3, -0.25) is 24.8 Å². The summed E-state index contributed by atoms with van der Waals surface area (Å²) in [6.07, 6.45) is 0.742. The van der Waals surface area contributed by atoms with E-state index in [4.69, 9.17) is 4.74 Å². The highest BCUT2D eigenvalue weighted by atomic mass is 16.6. The Balaban J connectivity index is 1.76. The van der Waals surface area contributed by atoms with Crippen molar-refractivity contribution in [1.29, 1.82) is 0 Å². The van der Waals surface area contributed by atoms with Crippen LogP contribution in [0.3, 0.4) is 0 Å². The van der Waals surface area contributed by atoms with Crippen LogP contribution in [0.2, 0.25) is 0 Å². The Morgan fingerprint density at radius 3 is 2.48 bits per heavy atom. The van der Waals surface area contributed by atoms with E-state index < -0.39 is 17.7 Å². The molecule has 23 heavy (non-hydrogen) atoms. The molecule has 9 heteroatoms. The third-order valence-corrected chi connectivity index (χ3v) is 4.00. The monoisotopic (exact) mass is 326 g/mol. The second-order valence-electron chi connectivity index (χ2n) is 5.66. The highest BCUT2D eigenvalue weighted by molar-refractivity contribution is 6.07. The fourth-order valence-electron chi connectivity index (χ4n) is 2.72. The Morgan fingerprint density at radius 2 is 1.96 bits per heavy atom. The third-order valence-electron chi connectivity index (χ3n) is 4.00. The molecule has 2 aliphatic rings. The molecule has 4 amide bonds. The normalized spacial score (nSPS) is 22.1. The second kappa shape index (κ2) is 7.30. The van der Waals surface area contributed by atoms with Gasteiger partial charge in [-0.25, -0.2) is 4.79 Å². The van der Waals surface area contributed by atoms with Crippen molar-refractivity contribution in [3.63, 3.8) is 0 Å². The predicted molar refractivity (Wildman–Crippen MR) is 78.8 cm³/mol. The van der Waals surface area contributed by atoms with Gasteiger partial charge in [0.05, 0.1) is 6.61 Å². The number of hydrazine groups is 1. The molecule has 0 saturated carbocycles. The molecule has 2 saturated heterocycles. The zero-order valence-corrected chi connectivity index (χ0v) is 13.3. The van der Waals surface area contributed by atoms with Gasteiger partial charge in [0.1, 0.15) is 5.92 Å². The first-order valence-corrected chi connectivity index (χ1v) is 7.71. The smallest absolute Gasteiger partial charge is 0.409 e. The zero-order chi connectivity index (χ0) is 17.0. The molecule has 0 radical (unpaired) electrons. The minimum absolute atomic E-state index is 0.0644. The number of ether oxygens (including phenoxy) is 1. The predicted octanol–water partition coefficient (Wildman–Crippen LogP) is -0.767. The van der Waals surface area contributed by atoms with Crippen LogP contribution < -0.4 is 10.7 Å². The summed E-state index contributed by atoms with van der Waals surface area (Å²) >= 11 is 0. The van der Waals surface area contributed by atoms with Crippen LogP contribution in [0.1, 0.15) is 26.2 Å². The lowest BCUT2D eigenvalue weighted by Gasteiger charge is -2.31. The van der Waals surface area contributed by atoms with E-state index >= 15 is 0 Å². The van der Waals surface area contributed by atoms with Gasteiger partial charge in [-0.2, -0.15) is 0 Å². The number of piperidine rings is 1. The first-order chi connectivity index (χ1) is 10.9. The number of hydrogen-bond donors (Lipinski definition) is 2. The standard InChI is InChI=1S/C14H22N4O5/c1-3-23-14(22)18-6-4-9(5-7-18)15-11(19)8-10-12(20)16-17(2)13(10)21/h9-10H,3-8H2,1-2H3,(H,15,19)(H,16,20). The van der Waals surface area contributed by atoms with Gasteiger partial charge in [0.15, 0.2) is 0 Å². The molecule has 2 aliphatic heterocycles. The molecule has 2 heterocycles. The molecule has 0 bridgehead atoms. The highest BCUT2D eigenvalue weighted by Crippen LogP contribution is 2.15. The Labute approximate surface area is 134 Å². The van der Waals surface area contributed by atoms with Crippen molar-refractivity contribution in [2.75, 3.05) is 26.7 Å². The van der Waals surface area contributed by atoms with Crippen molar-refractivity contribution in [2.24, 2.45) is 5.92 Å². The van der Waals surface area contributed by atoms with Gasteiger partial charge in [-0.15, -0.1) is 0 Å². The van der Waals surface area contributed by atoms with Gasteiger partial charge in [0.25, 0.3) is 11.8 Å². The third kappa shape index (κ3) is 4.11. The molecule has 128 valence electrons. The fourth-order valence-corrected chi connectivity index (χ4v) is 2.72. The molecule has 2 fully saturated rings. The van der Waals surface area contributed by atoms with Crippen LogP contribution in [-0.2, 0) is 19.1 Å². The first kappa shape index (κ1) is 17.0. The van der Waals surface area contributed by atoms with Crippen LogP contribution in [0.15, 0.2) is 0 Å². The summed E-state index contributed by atoms with van der Waals surface area (Å²) in [5, 5.41) is 3.92. The molecule has 0 aliphatic carbocycles. The van der Waals surface area contributed by atoms with Crippen molar-refractivity contribution >= 4 is 23.8 Å². The number of rotatable bonds is 4. The van der Waals surface area contributed by atoms with Gasteiger partial charge >= 0.3 is 6.09 Å². The van der Waals surface area contributed by atoms with Gasteiger partial charge in [0, 0.05) is 32.6 Å². The summed E-state index contributed by atoms with van der Waals surface area (Å²) in [5.74, 6) is -2.14. The SMILES string of the molecule is CCOC(=O)N1CCC(NC(=O)CC2C(=O)NN(C)C2=O)CC1. The minimum Gasteiger partial charge on any atom is -0.450 e. The van der Waals surface area contributed by atoms with Gasteiger partial charge < -0.3 is 15.0 Å². The topological polar surface area (TPSA) is 108 Å². The van der Waals surface area contributed by atoms with Gasteiger partial charge in [0.2, 0.25) is 5.91 Å². The average Bonchev–Trinajstić information content (AvgIpc) is 2.74. The van der Waals surface area contributed by atoms with E-state index in [2.05, 4.69) is 10.7 Å². The van der Waals surface area contributed by atoms with E-state index in [0.29, 0.717) is 32.5 Å². The van der Waals surface area contributed by atoms with Gasteiger partial charge in [-0.05, 0) is 19.8 Å². The molecule has 0 aromatic carbocycles. The molecular formula is C14H22N4O5. The summed E-state index contributed by atoms with van der Waals surface area (Å²) in [5.41, 5.74) is 2.36. The van der Waals surface area contributed by atoms with Crippen LogP contribution >= 0.6 is 0 Å². The number of amides is 4. The minimum atomic E-state index is -0.959. The van der Waals surface area contributed by atoms with Crippen molar-refractivity contribution in [1.82, 2.24) is 20.7 Å². The van der Waals surface area contributed by atoms with Crippen LogP contribution in [0.25, 0.3) is 0 Å². The van der Waals surface area contributed by atoms with Crippen molar-refractivity contribution in [3.05, 3.63) is 0 Å². The molecule has 2 rings (SSSR count). The molecule has 9 nitrogen and oxygen atoms in total. The molecule has 1 unspecified atom stereocenters. The maximum atomic E-state index is 12.0. The number of carbonyl (C=O) groups is 4. The van der Waals surface area contributed by atoms with E-state index in [-0.39, 0.29) is 24.5 Å². The number of nitrogens with one attached hydrogen (secondary N) is 2. The van der Waals surface area contributed by atoms with E-state index in [1.54, 1.807) is 11.8 Å². The second-order valence-corrected chi connectivity index (χ2v) is 5.66. The largest absolute Gasteiger partial charge is 0.450 e. The quantitative estimate of drug-likeness (QED) is 0.660. The van der Waals surface area contributed by atoms with Crippen molar-refractivity contribution < 1.29 is 23.9 Å². The van der Waals surface area contributed by atoms with E-state index in [1.807, 2.05) is 0 Å². The Kier molecular flexibility index (Phi) is 5.41. The molecular weight excluding hydrogens is 304 g/mol. The highest BCUT2D eigenvalue weighted by Gasteiger charge is 2.39. The van der Waals surface area contributed by atoms with E-state index in [9.17, 15) is 19.2 Å². The van der Waals surface area contributed by atoms with Crippen LogP contribution in [0, 0.1) is 5.92 Å². The van der Waals surface area contributed by atoms with E-state index in [1.165, 1.54) is 7.05 Å². The Hall–Kier alpha value is -2.32. The number of carbonyl (C=O) groups excluding carboxylic acids is 4. The lowest BCUT2D eigenvalue weighted by Crippen LogP contribution is -2.47. The first-order valence-electron chi connectivity index (χ1n) is 7.71. The molecule has 0 aromatic heterocycles. The average molecular weight is 326 g/mol. The van der Waals surface area contributed by atoms with E-state index in [0.717, 1.165) is 5.01 Å². The summed E-state index contributed by atoms with van der Waals surface area (Å²) in [6, 6.07) is -0.0644. The maximum absolute atomic E-state index is 12.0.